The van der Waals surface area contributed by atoms with Crippen molar-refractivity contribution >= 4 is 83.3 Å². The first-order valence-electron chi connectivity index (χ1n) is 29.5. The zero-order valence-corrected chi connectivity index (χ0v) is 54.2. The number of phosphoric acid groups is 1. The van der Waals surface area contributed by atoms with Gasteiger partial charge in [-0.15, -0.1) is 0 Å². The Labute approximate surface area is 531 Å². The summed E-state index contributed by atoms with van der Waals surface area (Å²) in [4.78, 5) is 126. The molecule has 1 radical (unpaired) electrons. The number of carbonyl (C=O) groups excluding carboxylic acids is 6. The number of aliphatic imine (C=N–C) groups is 3. The van der Waals surface area contributed by atoms with E-state index in [1.165, 1.54) is 19.6 Å². The number of fused-ring (bicyclic) bond motifs is 7. The minimum absolute atomic E-state index is 0. The average molecular weight is 1320 g/mol. The topological polar surface area (TPSA) is 527 Å². The number of hydrogen-bond acceptors (Lipinski definition) is 21. The molecule has 495 valence electrons. The van der Waals surface area contributed by atoms with Gasteiger partial charge in [0.1, 0.15) is 24.1 Å². The third-order valence-corrected chi connectivity index (χ3v) is 20.1. The van der Waals surface area contributed by atoms with Gasteiger partial charge in [0.15, 0.2) is 17.7 Å². The number of aliphatic hydroxyl groups is 2. The number of ether oxygens (including phenoxy) is 1. The van der Waals surface area contributed by atoms with Crippen LogP contribution in [0.25, 0.3) is 11.2 Å². The molecule has 0 saturated carbocycles. The summed E-state index contributed by atoms with van der Waals surface area (Å²) >= 11 is 0. The fourth-order valence-corrected chi connectivity index (χ4v) is 15.2. The molecule has 0 aromatic carbocycles. The molecule has 2 saturated heterocycles. The second kappa shape index (κ2) is 27.2. The van der Waals surface area contributed by atoms with Crippen molar-refractivity contribution in [2.24, 2.45) is 89.0 Å². The molecule has 14 atom stereocenters. The number of amides is 6. The number of aromatic nitrogens is 4. The van der Waals surface area contributed by atoms with Crippen molar-refractivity contribution in [1.82, 2.24) is 30.2 Å². The minimum atomic E-state index is -4.86. The maximum absolute atomic E-state index is 13.7. The van der Waals surface area contributed by atoms with Crippen LogP contribution in [0.2, 0.25) is 0 Å². The molecule has 8 heterocycles. The van der Waals surface area contributed by atoms with Crippen LogP contribution in [0.5, 0.6) is 0 Å². The van der Waals surface area contributed by atoms with E-state index in [0.717, 1.165) is 0 Å². The predicted molar refractivity (Wildman–Crippen MR) is 325 cm³/mol. The van der Waals surface area contributed by atoms with Crippen LogP contribution in [0.15, 0.2) is 61.9 Å². The van der Waals surface area contributed by atoms with E-state index in [-0.39, 0.29) is 99.8 Å². The quantitative estimate of drug-likeness (QED) is 0.0415. The molecule has 19 N–H and O–H groups in total. The maximum atomic E-state index is 13.7. The molecular formula is C58H86CoN16O14P+. The number of nitrogens with two attached hydrogens (primary N) is 6. The Morgan fingerprint density at radius 3 is 2.01 bits per heavy atom. The molecule has 2 fully saturated rings. The van der Waals surface area contributed by atoms with E-state index in [1.54, 1.807) is 18.4 Å². The monoisotopic (exact) mass is 1320 g/mol. The maximum Gasteiger partial charge on any atom is 2.00 e. The van der Waals surface area contributed by atoms with Crippen LogP contribution in [0.4, 0.5) is 5.82 Å². The Kier molecular flexibility index (Phi) is 21.8. The average Bonchev–Trinajstić information content (AvgIpc) is 1.53. The van der Waals surface area contributed by atoms with Crippen molar-refractivity contribution in [3.63, 3.8) is 0 Å². The molecule has 32 heteroatoms. The van der Waals surface area contributed by atoms with Crippen LogP contribution >= 0.6 is 7.82 Å². The summed E-state index contributed by atoms with van der Waals surface area (Å²) < 4.78 is 23.3. The van der Waals surface area contributed by atoms with Crippen molar-refractivity contribution in [2.75, 3.05) is 12.3 Å². The van der Waals surface area contributed by atoms with E-state index in [4.69, 9.17) is 64.0 Å². The first kappa shape index (κ1) is 72.2. The van der Waals surface area contributed by atoms with Crippen LogP contribution < -0.4 is 50.1 Å². The molecule has 2 aromatic heterocycles. The number of nitrogen functional groups attached to an aromatic ring is 1. The van der Waals surface area contributed by atoms with Gasteiger partial charge in [0.05, 0.1) is 30.1 Å². The fraction of sp³-hybridized carbons (Fsp3) is 0.638. The van der Waals surface area contributed by atoms with Gasteiger partial charge in [-0.1, -0.05) is 34.6 Å². The summed E-state index contributed by atoms with van der Waals surface area (Å²) in [5.41, 5.74) is 34.8. The van der Waals surface area contributed by atoms with Crippen LogP contribution in [-0.4, -0.2) is 141 Å². The first-order chi connectivity index (χ1) is 41.2. The molecule has 8 bridgehead atoms. The van der Waals surface area contributed by atoms with Crippen molar-refractivity contribution < 1.29 is 84.5 Å². The molecule has 6 aliphatic heterocycles. The molecule has 8 rings (SSSR count). The Morgan fingerprint density at radius 2 is 1.46 bits per heavy atom. The van der Waals surface area contributed by atoms with Gasteiger partial charge in [0, 0.05) is 125 Å². The van der Waals surface area contributed by atoms with Gasteiger partial charge in [-0.25, -0.2) is 19.5 Å². The Hall–Kier alpha value is -6.83. The van der Waals surface area contributed by atoms with Gasteiger partial charge in [0.2, 0.25) is 35.4 Å². The summed E-state index contributed by atoms with van der Waals surface area (Å²) in [5, 5.41) is 46.2. The Morgan fingerprint density at radius 1 is 0.844 bits per heavy atom. The number of anilines is 1. The van der Waals surface area contributed by atoms with Crippen molar-refractivity contribution in [2.45, 2.75) is 182 Å². The van der Waals surface area contributed by atoms with Crippen LogP contribution in [0, 0.1) is 50.7 Å². The molecule has 90 heavy (non-hydrogen) atoms. The summed E-state index contributed by atoms with van der Waals surface area (Å²) in [6.45, 7) is 17.8. The van der Waals surface area contributed by atoms with Gasteiger partial charge in [-0.2, -0.15) is 0 Å². The molecule has 0 unspecified atom stereocenters. The first-order valence-corrected chi connectivity index (χ1v) is 31.0. The van der Waals surface area contributed by atoms with E-state index in [2.05, 4.69) is 25.6 Å². The second-order valence-corrected chi connectivity index (χ2v) is 27.2. The Balaban J connectivity index is 0.000000573. The number of allylic oxidation sites excluding steroid dienone is 6. The summed E-state index contributed by atoms with van der Waals surface area (Å²) in [5.74, 6) is -6.94. The van der Waals surface area contributed by atoms with Gasteiger partial charge < -0.3 is 80.3 Å². The molecule has 0 spiro atoms. The number of nitrogens with one attached hydrogen (secondary N) is 3. The fourth-order valence-electron chi connectivity index (χ4n) is 14.7. The van der Waals surface area contributed by atoms with Crippen molar-refractivity contribution in [1.29, 1.82) is 5.41 Å². The number of imidazole rings is 1. The second-order valence-electron chi connectivity index (χ2n) is 26.0. The number of carbonyl (C=O) groups is 6. The zero-order valence-electron chi connectivity index (χ0n) is 52.2. The van der Waals surface area contributed by atoms with Gasteiger partial charge in [-0.3, -0.25) is 52.8 Å². The standard InChI is InChI=1S/C48H74N11O11P.C10H13N5O3.Co/c1-23(70-71(67,68)69)22-55-38(66)16-17-45(6)29(18-35(52)63)43-48(9)47(8,21-37(54)65)28(12-15-34(51)62)40(59-48)25(3)42-46(7,20-36(53)64)26(10-13-32(49)60)30(56-42)19-31-44(4,5)27(11-14-33(50)61)39(57-31)24(2)41(45)58-43;1-4-6(16)7(17)10(18-4)15-3-14-5-8(11)12-2-13-9(5)15;/h19,23,26-29,43,56H,10-18,20-22H2,1-9H3,(H2,49,60)(H2,50,61)(H2,51,62)(H2,52,63)(H2,53,64)(H2,54,65)(H,55,66)(H2,67,68,69);2-4,6-7,10,16-17H,1H3,(H2,11,12,13);/q;;+2/p-1/t23-,26-,27-,28-,29+,43-,45-,46+,47+,48+;4-,6-,7-,10-;/m11./s1. The number of nitrogens with zero attached hydrogens (tertiary/aromatic N) is 7. The van der Waals surface area contributed by atoms with E-state index in [1.807, 2.05) is 54.5 Å². The van der Waals surface area contributed by atoms with Gasteiger partial charge in [0.25, 0.3) is 0 Å². The molecule has 6 amide bonds. The van der Waals surface area contributed by atoms with E-state index in [0.29, 0.717) is 56.5 Å². The smallest absolute Gasteiger partial charge is 0.862 e. The zero-order chi connectivity index (χ0) is 66.4. The van der Waals surface area contributed by atoms with Gasteiger partial charge in [-0.05, 0) is 89.8 Å². The van der Waals surface area contributed by atoms with Crippen LogP contribution in [0.3, 0.4) is 0 Å². The third kappa shape index (κ3) is 14.3. The molecular weight excluding hydrogens is 1230 g/mol. The number of rotatable bonds is 23. The number of aliphatic hydroxyl groups excluding tert-OH is 2. The predicted octanol–water partition coefficient (Wildman–Crippen LogP) is 0.750. The molecule has 30 nitrogen and oxygen atoms in total. The largest absolute Gasteiger partial charge is 2.00 e. The number of phosphoric ester groups is 1. The Bertz CT molecular complexity index is 3450. The minimum Gasteiger partial charge on any atom is -0.862 e. The number of primary amides is 5. The summed E-state index contributed by atoms with van der Waals surface area (Å²) in [7, 11) is -4.86. The van der Waals surface area contributed by atoms with Crippen molar-refractivity contribution in [3.8, 4) is 0 Å². The number of hydrogen-bond donors (Lipinski definition) is 13. The molecule has 0 aliphatic carbocycles. The van der Waals surface area contributed by atoms with E-state index < -0.39 is 137 Å². The molecule has 6 aliphatic rings. The van der Waals surface area contributed by atoms with E-state index in [9.17, 15) is 58.4 Å². The van der Waals surface area contributed by atoms with Gasteiger partial charge >= 0.3 is 24.6 Å². The SMILES string of the molecule is CC1=C2N=C(C=C3NC(=C(C)C4=N[C@@](C)([C@@H]5N=C1[C@](C)(CCC(=O)NC[C@@H](C)OP(=O)(O)O)[C@H]5CC(N)=O)[C@@](C)(CC(N)=O)[C@@H]4CCC(N)=O)[C@@](C)(CC(N)=O)[C@@H]3CCC(=N)[O-])C(C)(C)[C@@H]2CCC(N)=O.C[C@H]1O[C@@H](n2cnc3c(N)ncnc32)[C@H](O)[C@@H]1O.[Co+2]. The normalized spacial score (nSPS) is 31.2. The third-order valence-electron chi connectivity index (χ3n) is 19.5. The van der Waals surface area contributed by atoms with Crippen LogP contribution in [-0.2, 0) is 59.4 Å². The summed E-state index contributed by atoms with van der Waals surface area (Å²) in [6, 6.07) is -0.994. The van der Waals surface area contributed by atoms with Crippen LogP contribution in [0.1, 0.15) is 146 Å². The van der Waals surface area contributed by atoms with E-state index >= 15 is 0 Å². The summed E-state index contributed by atoms with van der Waals surface area (Å²) in [6.07, 6.45) is -0.328. The molecule has 2 aromatic rings. The van der Waals surface area contributed by atoms with Crippen molar-refractivity contribution in [3.05, 3.63) is 47.0 Å².